The number of nitrogens with one attached hydrogen (secondary N) is 1. The summed E-state index contributed by atoms with van der Waals surface area (Å²) in [7, 11) is 1.81. The number of allylic oxidation sites excluding steroid dienone is 1. The van der Waals surface area contributed by atoms with E-state index in [4.69, 9.17) is 4.74 Å². The van der Waals surface area contributed by atoms with Gasteiger partial charge in [0, 0.05) is 36.3 Å². The van der Waals surface area contributed by atoms with Crippen molar-refractivity contribution in [1.29, 1.82) is 0 Å². The summed E-state index contributed by atoms with van der Waals surface area (Å²) in [6.07, 6.45) is 1.85. The molecule has 1 aromatic carbocycles. The van der Waals surface area contributed by atoms with Gasteiger partial charge in [0.25, 0.3) is 0 Å². The van der Waals surface area contributed by atoms with Crippen LogP contribution in [0.5, 0.6) is 0 Å². The summed E-state index contributed by atoms with van der Waals surface area (Å²) < 4.78 is 5.64. The summed E-state index contributed by atoms with van der Waals surface area (Å²) in [5, 5.41) is 14.9. The van der Waals surface area contributed by atoms with Gasteiger partial charge in [-0.1, -0.05) is 18.2 Å². The van der Waals surface area contributed by atoms with E-state index in [-0.39, 0.29) is 30.5 Å². The molecule has 2 N–H and O–H groups in total. The predicted molar refractivity (Wildman–Crippen MR) is 94.6 cm³/mol. The number of aldehydes is 1. The number of fused-ring (bicyclic) bond motifs is 7. The number of aliphatic hydroxyl groups is 1. The Morgan fingerprint density at radius 2 is 2.12 bits per heavy atom. The highest BCUT2D eigenvalue weighted by atomic mass is 16.5. The third-order valence-electron chi connectivity index (χ3n) is 7.06. The van der Waals surface area contributed by atoms with Crippen LogP contribution >= 0.6 is 0 Å². The van der Waals surface area contributed by atoms with Crippen LogP contribution < -0.4 is 10.2 Å². The van der Waals surface area contributed by atoms with Crippen molar-refractivity contribution in [2.24, 2.45) is 5.92 Å². The Kier molecular flexibility index (Phi) is 3.06. The van der Waals surface area contributed by atoms with Crippen LogP contribution in [0.2, 0.25) is 0 Å². The van der Waals surface area contributed by atoms with Gasteiger partial charge >= 0.3 is 0 Å². The summed E-state index contributed by atoms with van der Waals surface area (Å²) in [6, 6.07) is 7.48. The van der Waals surface area contributed by atoms with Crippen LogP contribution in [-0.2, 0) is 19.7 Å². The van der Waals surface area contributed by atoms with Crippen molar-refractivity contribution in [3.63, 3.8) is 0 Å². The normalized spacial score (nSPS) is 40.5. The number of para-hydroxylation sites is 1. The smallest absolute Gasteiger partial charge is 0.239 e. The lowest BCUT2D eigenvalue weighted by atomic mass is 9.71. The summed E-state index contributed by atoms with van der Waals surface area (Å²) in [4.78, 5) is 26.8. The Labute approximate surface area is 151 Å². The molecule has 4 aliphatic rings. The number of amides is 1. The average Bonchev–Trinajstić information content (AvgIpc) is 3.09. The van der Waals surface area contributed by atoms with E-state index in [9.17, 15) is 14.7 Å². The molecule has 1 aromatic rings. The second-order valence-corrected chi connectivity index (χ2v) is 8.03. The van der Waals surface area contributed by atoms with E-state index in [1.807, 2.05) is 31.3 Å². The van der Waals surface area contributed by atoms with Gasteiger partial charge in [-0.3, -0.25) is 9.59 Å². The zero-order valence-corrected chi connectivity index (χ0v) is 14.9. The molecule has 1 amide bonds. The molecule has 2 saturated heterocycles. The third kappa shape index (κ3) is 1.65. The van der Waals surface area contributed by atoms with Gasteiger partial charge in [-0.05, 0) is 31.4 Å². The molecule has 5 rings (SSSR count). The molecular weight excluding hydrogens is 332 g/mol. The minimum atomic E-state index is -1.17. The highest BCUT2D eigenvalue weighted by Gasteiger charge is 2.68. The molecule has 1 spiro atoms. The lowest BCUT2D eigenvalue weighted by molar-refractivity contribution is -0.124. The number of nitrogens with zero attached hydrogens (tertiary/aromatic N) is 1. The van der Waals surface area contributed by atoms with Crippen molar-refractivity contribution < 1.29 is 19.4 Å². The first-order valence-corrected chi connectivity index (χ1v) is 9.08. The molecule has 4 heterocycles. The number of rotatable bonds is 1. The van der Waals surface area contributed by atoms with Gasteiger partial charge in [0.1, 0.15) is 18.5 Å². The molecule has 0 aromatic heterocycles. The standard InChI is InChI=1S/C20H22N2O4/c1-11-12(9-23)14-7-16-19(8-17(21-16)20(14,25)10-26-11)13-5-3-4-6-15(13)22(2)18(19)24/h3-6,9,14,16-17,21,25H,7-8,10H2,1-2H3/t14-,16+,17+,19-,20-/m0/s1. The van der Waals surface area contributed by atoms with Crippen molar-refractivity contribution in [2.45, 2.75) is 42.9 Å². The molecule has 2 fully saturated rings. The number of hydrogen-bond acceptors (Lipinski definition) is 5. The average molecular weight is 354 g/mol. The summed E-state index contributed by atoms with van der Waals surface area (Å²) in [5.74, 6) is 0.339. The molecule has 0 saturated carbocycles. The highest BCUT2D eigenvalue weighted by molar-refractivity contribution is 6.08. The summed E-state index contributed by atoms with van der Waals surface area (Å²) >= 11 is 0. The number of hydrogen-bond donors (Lipinski definition) is 2. The van der Waals surface area contributed by atoms with Gasteiger partial charge in [-0.15, -0.1) is 0 Å². The fourth-order valence-corrected chi connectivity index (χ4v) is 5.70. The number of anilines is 1. The van der Waals surface area contributed by atoms with Crippen LogP contribution in [-0.4, -0.2) is 48.6 Å². The first kappa shape index (κ1) is 16.0. The van der Waals surface area contributed by atoms with Crippen LogP contribution in [0.25, 0.3) is 0 Å². The molecule has 2 bridgehead atoms. The van der Waals surface area contributed by atoms with Gasteiger partial charge in [0.2, 0.25) is 5.91 Å². The summed E-state index contributed by atoms with van der Waals surface area (Å²) in [6.45, 7) is 1.92. The van der Waals surface area contributed by atoms with Gasteiger partial charge in [-0.2, -0.15) is 0 Å². The molecule has 6 nitrogen and oxygen atoms in total. The Hall–Kier alpha value is -2.18. The highest BCUT2D eigenvalue weighted by Crippen LogP contribution is 2.57. The first-order valence-electron chi connectivity index (χ1n) is 9.08. The van der Waals surface area contributed by atoms with Crippen molar-refractivity contribution in [3.8, 4) is 0 Å². The Morgan fingerprint density at radius 3 is 2.88 bits per heavy atom. The molecular formula is C20H22N2O4. The summed E-state index contributed by atoms with van der Waals surface area (Å²) in [5.41, 5.74) is 0.612. The Morgan fingerprint density at radius 1 is 1.35 bits per heavy atom. The lowest BCUT2D eigenvalue weighted by Gasteiger charge is -2.47. The van der Waals surface area contributed by atoms with E-state index < -0.39 is 11.0 Å². The largest absolute Gasteiger partial charge is 0.495 e. The molecule has 5 atom stereocenters. The van der Waals surface area contributed by atoms with E-state index in [0.717, 1.165) is 17.5 Å². The fourth-order valence-electron chi connectivity index (χ4n) is 5.70. The number of benzene rings is 1. The third-order valence-corrected chi connectivity index (χ3v) is 7.06. The second-order valence-electron chi connectivity index (χ2n) is 8.03. The molecule has 4 aliphatic heterocycles. The van der Waals surface area contributed by atoms with Crippen molar-refractivity contribution in [2.75, 3.05) is 18.6 Å². The molecule has 136 valence electrons. The second kappa shape index (κ2) is 4.96. The predicted octanol–water partition coefficient (Wildman–Crippen LogP) is 0.885. The van der Waals surface area contributed by atoms with E-state index in [1.165, 1.54) is 0 Å². The van der Waals surface area contributed by atoms with Gasteiger partial charge < -0.3 is 20.1 Å². The molecule has 0 aliphatic carbocycles. The van der Waals surface area contributed by atoms with Crippen LogP contribution in [0, 0.1) is 5.92 Å². The van der Waals surface area contributed by atoms with E-state index in [1.54, 1.807) is 11.8 Å². The maximum Gasteiger partial charge on any atom is 0.239 e. The molecule has 0 radical (unpaired) electrons. The molecule has 26 heavy (non-hydrogen) atoms. The number of carbonyl (C=O) groups excluding carboxylic acids is 2. The Bertz CT molecular complexity index is 865. The van der Waals surface area contributed by atoms with Gasteiger partial charge in [0.15, 0.2) is 0 Å². The van der Waals surface area contributed by atoms with E-state index in [0.29, 0.717) is 24.2 Å². The molecule has 6 heteroatoms. The van der Waals surface area contributed by atoms with Crippen LogP contribution in [0.15, 0.2) is 35.6 Å². The maximum absolute atomic E-state index is 13.3. The minimum absolute atomic E-state index is 0.0650. The fraction of sp³-hybridized carbons (Fsp3) is 0.500. The maximum atomic E-state index is 13.3. The van der Waals surface area contributed by atoms with Crippen LogP contribution in [0.3, 0.4) is 0 Å². The SMILES string of the molecule is CC1=C(C=O)[C@@H]2C[C@H]3N[C@H](C[C@@]34C(=O)N(C)c3ccccc34)[C@]2(O)CO1. The topological polar surface area (TPSA) is 78.9 Å². The Balaban J connectivity index is 1.66. The number of ether oxygens (including phenoxy) is 1. The lowest BCUT2D eigenvalue weighted by Crippen LogP contribution is -2.64. The zero-order chi connectivity index (χ0) is 18.3. The van der Waals surface area contributed by atoms with Crippen molar-refractivity contribution in [3.05, 3.63) is 41.2 Å². The monoisotopic (exact) mass is 354 g/mol. The quantitative estimate of drug-likeness (QED) is 0.732. The van der Waals surface area contributed by atoms with E-state index >= 15 is 0 Å². The van der Waals surface area contributed by atoms with Crippen molar-refractivity contribution >= 4 is 17.9 Å². The zero-order valence-electron chi connectivity index (χ0n) is 14.9. The number of carbonyl (C=O) groups is 2. The van der Waals surface area contributed by atoms with Crippen LogP contribution in [0.4, 0.5) is 5.69 Å². The van der Waals surface area contributed by atoms with Gasteiger partial charge in [0.05, 0.1) is 11.2 Å². The van der Waals surface area contributed by atoms with E-state index in [2.05, 4.69) is 5.32 Å². The number of likely N-dealkylation sites (N-methyl/N-ethyl adjacent to an activating group) is 1. The van der Waals surface area contributed by atoms with Crippen molar-refractivity contribution in [1.82, 2.24) is 5.32 Å². The first-order chi connectivity index (χ1) is 12.4. The minimum Gasteiger partial charge on any atom is -0.495 e. The molecule has 0 unspecified atom stereocenters. The van der Waals surface area contributed by atoms with Gasteiger partial charge in [-0.25, -0.2) is 0 Å². The number of piperidine rings is 1. The van der Waals surface area contributed by atoms with Crippen LogP contribution in [0.1, 0.15) is 25.3 Å².